The number of nitrogens with zero attached hydrogens (tertiary/aromatic N) is 1. The summed E-state index contributed by atoms with van der Waals surface area (Å²) < 4.78 is 5.33. The minimum Gasteiger partial charge on any atom is -0.449 e. The number of carbonyl (C=O) groups excluding carboxylic acids is 1. The van der Waals surface area contributed by atoms with Crippen LogP contribution in [-0.2, 0) is 4.74 Å². The van der Waals surface area contributed by atoms with Crippen LogP contribution < -0.4 is 5.32 Å². The molecule has 18 heavy (non-hydrogen) atoms. The first-order chi connectivity index (χ1) is 8.50. The van der Waals surface area contributed by atoms with Crippen LogP contribution in [0.25, 0.3) is 0 Å². The Kier molecular flexibility index (Phi) is 6.47. The van der Waals surface area contributed by atoms with Gasteiger partial charge in [-0.2, -0.15) is 0 Å². The number of ether oxygens (including phenoxy) is 1. The van der Waals surface area contributed by atoms with Crippen molar-refractivity contribution in [3.05, 3.63) is 0 Å². The molecule has 0 aliphatic carbocycles. The molecule has 1 fully saturated rings. The molecule has 106 valence electrons. The molecule has 0 bridgehead atoms. The van der Waals surface area contributed by atoms with E-state index in [1.54, 1.807) is 0 Å². The van der Waals surface area contributed by atoms with Crippen molar-refractivity contribution in [2.75, 3.05) is 19.7 Å². The molecule has 4 heteroatoms. The minimum atomic E-state index is -0.175. The number of nitrogens with one attached hydrogen (secondary N) is 1. The lowest BCUT2D eigenvalue weighted by Gasteiger charge is -2.32. The van der Waals surface area contributed by atoms with E-state index >= 15 is 0 Å². The molecule has 1 unspecified atom stereocenters. The third-order valence-electron chi connectivity index (χ3n) is 3.23. The molecule has 1 rings (SSSR count). The van der Waals surface area contributed by atoms with E-state index in [2.05, 4.69) is 19.2 Å². The second-order valence-electron chi connectivity index (χ2n) is 5.86. The average molecular weight is 256 g/mol. The first-order valence-electron chi connectivity index (χ1n) is 7.17. The van der Waals surface area contributed by atoms with Crippen LogP contribution in [0.4, 0.5) is 4.79 Å². The largest absolute Gasteiger partial charge is 0.449 e. The maximum Gasteiger partial charge on any atom is 0.410 e. The summed E-state index contributed by atoms with van der Waals surface area (Å²) in [6, 6.07) is 0.612. The Bertz CT molecular complexity index is 248. The van der Waals surface area contributed by atoms with Crippen molar-refractivity contribution in [2.24, 2.45) is 5.92 Å². The Morgan fingerprint density at radius 2 is 2.06 bits per heavy atom. The zero-order valence-corrected chi connectivity index (χ0v) is 12.2. The molecule has 1 N–H and O–H groups in total. The Morgan fingerprint density at radius 1 is 1.33 bits per heavy atom. The fourth-order valence-corrected chi connectivity index (χ4v) is 2.13. The van der Waals surface area contributed by atoms with E-state index in [4.69, 9.17) is 4.74 Å². The maximum atomic E-state index is 12.0. The fraction of sp³-hybridized carbons (Fsp3) is 0.929. The van der Waals surface area contributed by atoms with Gasteiger partial charge in [-0.15, -0.1) is 0 Å². The van der Waals surface area contributed by atoms with E-state index in [0.717, 1.165) is 19.5 Å². The van der Waals surface area contributed by atoms with Crippen LogP contribution in [0.15, 0.2) is 0 Å². The predicted molar refractivity (Wildman–Crippen MR) is 73.7 cm³/mol. The topological polar surface area (TPSA) is 41.6 Å². The third-order valence-corrected chi connectivity index (χ3v) is 3.23. The van der Waals surface area contributed by atoms with Gasteiger partial charge in [0, 0.05) is 18.6 Å². The number of piperidine rings is 1. The van der Waals surface area contributed by atoms with E-state index in [1.165, 1.54) is 12.8 Å². The Labute approximate surface area is 111 Å². The standard InChI is InChI=1S/C14H28N2O2/c1-11(2)10-18-14(17)16(12(3)4)9-13-7-5-6-8-15-13/h11-13,15H,5-10H2,1-4H3. The third kappa shape index (κ3) is 5.25. The predicted octanol–water partition coefficient (Wildman–Crippen LogP) is 2.63. The van der Waals surface area contributed by atoms with Crippen LogP contribution in [0.5, 0.6) is 0 Å². The lowest BCUT2D eigenvalue weighted by atomic mass is 10.0. The second kappa shape index (κ2) is 7.62. The van der Waals surface area contributed by atoms with Gasteiger partial charge in [0.1, 0.15) is 0 Å². The van der Waals surface area contributed by atoms with Gasteiger partial charge >= 0.3 is 6.09 Å². The normalized spacial score (nSPS) is 20.2. The van der Waals surface area contributed by atoms with Gasteiger partial charge in [-0.25, -0.2) is 4.79 Å². The average Bonchev–Trinajstić information content (AvgIpc) is 2.34. The van der Waals surface area contributed by atoms with Crippen LogP contribution >= 0.6 is 0 Å². The molecule has 0 aromatic heterocycles. The molecule has 0 spiro atoms. The van der Waals surface area contributed by atoms with Crippen molar-refractivity contribution in [3.63, 3.8) is 0 Å². The van der Waals surface area contributed by atoms with Crippen molar-refractivity contribution in [1.29, 1.82) is 0 Å². The van der Waals surface area contributed by atoms with E-state index in [1.807, 2.05) is 18.7 Å². The number of hydrogen-bond acceptors (Lipinski definition) is 3. The zero-order chi connectivity index (χ0) is 13.5. The summed E-state index contributed by atoms with van der Waals surface area (Å²) in [5.41, 5.74) is 0. The minimum absolute atomic E-state index is 0.175. The van der Waals surface area contributed by atoms with E-state index in [0.29, 0.717) is 18.6 Å². The van der Waals surface area contributed by atoms with Crippen LogP contribution in [-0.4, -0.2) is 42.8 Å². The summed E-state index contributed by atoms with van der Waals surface area (Å²) in [4.78, 5) is 13.9. The second-order valence-corrected chi connectivity index (χ2v) is 5.86. The van der Waals surface area contributed by atoms with Crippen LogP contribution in [0.1, 0.15) is 47.0 Å². The molecule has 1 heterocycles. The highest BCUT2D eigenvalue weighted by atomic mass is 16.6. The van der Waals surface area contributed by atoms with Crippen molar-refractivity contribution in [3.8, 4) is 0 Å². The van der Waals surface area contributed by atoms with Gasteiger partial charge < -0.3 is 15.0 Å². The smallest absolute Gasteiger partial charge is 0.410 e. The molecule has 1 aliphatic heterocycles. The molecule has 1 saturated heterocycles. The van der Waals surface area contributed by atoms with Gasteiger partial charge in [-0.05, 0) is 39.2 Å². The summed E-state index contributed by atoms with van der Waals surface area (Å²) in [6.07, 6.45) is 3.48. The summed E-state index contributed by atoms with van der Waals surface area (Å²) in [5.74, 6) is 0.385. The monoisotopic (exact) mass is 256 g/mol. The van der Waals surface area contributed by atoms with Crippen LogP contribution in [0.3, 0.4) is 0 Å². The van der Waals surface area contributed by atoms with E-state index < -0.39 is 0 Å². The summed E-state index contributed by atoms with van der Waals surface area (Å²) in [5, 5.41) is 3.47. The highest BCUT2D eigenvalue weighted by Crippen LogP contribution is 2.11. The first-order valence-corrected chi connectivity index (χ1v) is 7.17. The number of hydrogen-bond donors (Lipinski definition) is 1. The van der Waals surface area contributed by atoms with Gasteiger partial charge in [-0.3, -0.25) is 0 Å². The van der Waals surface area contributed by atoms with Crippen molar-refractivity contribution >= 4 is 6.09 Å². The lowest BCUT2D eigenvalue weighted by molar-refractivity contribution is 0.0767. The lowest BCUT2D eigenvalue weighted by Crippen LogP contribution is -2.48. The van der Waals surface area contributed by atoms with Crippen molar-refractivity contribution < 1.29 is 9.53 Å². The van der Waals surface area contributed by atoms with Gasteiger partial charge in [0.25, 0.3) is 0 Å². The van der Waals surface area contributed by atoms with Crippen molar-refractivity contribution in [2.45, 2.75) is 59.0 Å². The van der Waals surface area contributed by atoms with E-state index in [-0.39, 0.29) is 12.1 Å². The molecule has 0 aromatic carbocycles. The maximum absolute atomic E-state index is 12.0. The molecular weight excluding hydrogens is 228 g/mol. The van der Waals surface area contributed by atoms with Crippen LogP contribution in [0, 0.1) is 5.92 Å². The van der Waals surface area contributed by atoms with Gasteiger partial charge in [0.05, 0.1) is 6.61 Å². The highest BCUT2D eigenvalue weighted by Gasteiger charge is 2.23. The summed E-state index contributed by atoms with van der Waals surface area (Å²) in [6.45, 7) is 10.5. The summed E-state index contributed by atoms with van der Waals surface area (Å²) >= 11 is 0. The molecule has 0 saturated carbocycles. The molecule has 0 aromatic rings. The first kappa shape index (κ1) is 15.3. The Hall–Kier alpha value is -0.770. The highest BCUT2D eigenvalue weighted by molar-refractivity contribution is 5.68. The number of carbonyl (C=O) groups is 1. The van der Waals surface area contributed by atoms with Crippen molar-refractivity contribution in [1.82, 2.24) is 10.2 Å². The number of amides is 1. The van der Waals surface area contributed by atoms with Gasteiger partial charge in [-0.1, -0.05) is 20.3 Å². The fourth-order valence-electron chi connectivity index (χ4n) is 2.13. The molecule has 4 nitrogen and oxygen atoms in total. The number of rotatable bonds is 5. The summed E-state index contributed by atoms with van der Waals surface area (Å²) in [7, 11) is 0. The molecule has 1 aliphatic rings. The quantitative estimate of drug-likeness (QED) is 0.822. The Balaban J connectivity index is 2.44. The van der Waals surface area contributed by atoms with Crippen LogP contribution in [0.2, 0.25) is 0 Å². The van der Waals surface area contributed by atoms with Gasteiger partial charge in [0.2, 0.25) is 0 Å². The Morgan fingerprint density at radius 3 is 2.56 bits per heavy atom. The van der Waals surface area contributed by atoms with Gasteiger partial charge in [0.15, 0.2) is 0 Å². The SMILES string of the molecule is CC(C)COC(=O)N(CC1CCCCN1)C(C)C. The zero-order valence-electron chi connectivity index (χ0n) is 12.2. The van der Waals surface area contributed by atoms with E-state index in [9.17, 15) is 4.79 Å². The molecular formula is C14H28N2O2. The molecule has 1 atom stereocenters. The molecule has 1 amide bonds. The molecule has 0 radical (unpaired) electrons.